The number of amides is 2. The number of carbonyl (C=O) groups is 2. The predicted octanol–water partition coefficient (Wildman–Crippen LogP) is 4.20. The Morgan fingerprint density at radius 2 is 1.93 bits per heavy atom. The molecule has 2 aromatic rings. The largest absolute Gasteiger partial charge is 0.502 e. The Bertz CT molecular complexity index is 933. The van der Waals surface area contributed by atoms with Gasteiger partial charge in [-0.15, -0.1) is 0 Å². The van der Waals surface area contributed by atoms with Gasteiger partial charge in [0.25, 0.3) is 5.91 Å². The summed E-state index contributed by atoms with van der Waals surface area (Å²) in [5, 5.41) is 0. The average molecular weight is 376 g/mol. The Hall–Kier alpha value is -3.21. The van der Waals surface area contributed by atoms with Gasteiger partial charge in [0.15, 0.2) is 0 Å². The van der Waals surface area contributed by atoms with Crippen molar-refractivity contribution in [3.63, 3.8) is 0 Å². The summed E-state index contributed by atoms with van der Waals surface area (Å²) in [4.78, 5) is 32.0. The Labute approximate surface area is 165 Å². The van der Waals surface area contributed by atoms with Crippen LogP contribution >= 0.6 is 0 Å². The van der Waals surface area contributed by atoms with Gasteiger partial charge in [-0.25, -0.2) is 4.90 Å². The zero-order valence-corrected chi connectivity index (χ0v) is 16.2. The molecule has 2 amide bonds. The lowest BCUT2D eigenvalue weighted by atomic mass is 9.88. The summed E-state index contributed by atoms with van der Waals surface area (Å²) in [5.41, 5.74) is 3.96. The summed E-state index contributed by atoms with van der Waals surface area (Å²) in [5.74, 6) is -1.17. The van der Waals surface area contributed by atoms with E-state index in [9.17, 15) is 9.59 Å². The van der Waals surface area contributed by atoms with E-state index in [4.69, 9.17) is 4.74 Å². The second-order valence-corrected chi connectivity index (χ2v) is 6.76. The third-order valence-electron chi connectivity index (χ3n) is 4.89. The summed E-state index contributed by atoms with van der Waals surface area (Å²) < 4.78 is 5.08. The smallest absolute Gasteiger partial charge is 0.265 e. The number of imide groups is 1. The molecule has 1 aliphatic rings. The van der Waals surface area contributed by atoms with Gasteiger partial charge in [0.05, 0.1) is 24.5 Å². The zero-order chi connectivity index (χ0) is 20.1. The highest BCUT2D eigenvalue weighted by Crippen LogP contribution is 2.32. The summed E-state index contributed by atoms with van der Waals surface area (Å²) in [6.45, 7) is 8.54. The van der Waals surface area contributed by atoms with E-state index >= 15 is 0 Å². The fourth-order valence-corrected chi connectivity index (χ4v) is 3.21. The molecular formula is C23H24N2O3. The molecule has 28 heavy (non-hydrogen) atoms. The molecule has 0 saturated heterocycles. The van der Waals surface area contributed by atoms with Crippen LogP contribution in [0.25, 0.3) is 0 Å². The molecule has 0 aliphatic carbocycles. The maximum atomic E-state index is 13.2. The van der Waals surface area contributed by atoms with Crippen molar-refractivity contribution in [1.29, 1.82) is 0 Å². The second-order valence-electron chi connectivity index (χ2n) is 6.76. The third kappa shape index (κ3) is 3.88. The number of rotatable bonds is 7. The first-order valence-electron chi connectivity index (χ1n) is 9.31. The van der Waals surface area contributed by atoms with Crippen molar-refractivity contribution < 1.29 is 14.3 Å². The minimum Gasteiger partial charge on any atom is -0.502 e. The van der Waals surface area contributed by atoms with Crippen LogP contribution in [-0.2, 0) is 9.53 Å². The van der Waals surface area contributed by atoms with Gasteiger partial charge >= 0.3 is 0 Å². The summed E-state index contributed by atoms with van der Waals surface area (Å²) >= 11 is 0. The van der Waals surface area contributed by atoms with Crippen LogP contribution in [0.5, 0.6) is 0 Å². The SMILES string of the molecule is C=COCCCN=C[C@H]1C(=O)N(c2ccc(C)c(C)c2)C(=O)c2ccccc21. The van der Waals surface area contributed by atoms with Crippen LogP contribution in [0.3, 0.4) is 0 Å². The van der Waals surface area contributed by atoms with E-state index in [-0.39, 0.29) is 11.8 Å². The van der Waals surface area contributed by atoms with E-state index in [1.165, 1.54) is 11.2 Å². The quantitative estimate of drug-likeness (QED) is 0.315. The highest BCUT2D eigenvalue weighted by atomic mass is 16.5. The van der Waals surface area contributed by atoms with E-state index in [1.807, 2.05) is 50.2 Å². The topological polar surface area (TPSA) is 59.0 Å². The maximum absolute atomic E-state index is 13.2. The molecule has 3 rings (SSSR count). The number of fused-ring (bicyclic) bond motifs is 1. The molecule has 1 heterocycles. The Kier molecular flexibility index (Phi) is 6.04. The van der Waals surface area contributed by atoms with Crippen molar-refractivity contribution >= 4 is 23.7 Å². The van der Waals surface area contributed by atoms with E-state index < -0.39 is 5.92 Å². The van der Waals surface area contributed by atoms with Crippen LogP contribution in [0.2, 0.25) is 0 Å². The lowest BCUT2D eigenvalue weighted by Crippen LogP contribution is -2.45. The number of carbonyl (C=O) groups excluding carboxylic acids is 2. The number of hydrogen-bond donors (Lipinski definition) is 0. The number of ether oxygens (including phenoxy) is 1. The minimum atomic E-state index is -0.587. The van der Waals surface area contributed by atoms with Crippen molar-refractivity contribution in [2.24, 2.45) is 4.99 Å². The number of aryl methyl sites for hydroxylation is 2. The molecule has 2 aromatic carbocycles. The van der Waals surface area contributed by atoms with E-state index in [2.05, 4.69) is 11.6 Å². The highest BCUT2D eigenvalue weighted by Gasteiger charge is 2.38. The van der Waals surface area contributed by atoms with Gasteiger partial charge in [0.1, 0.15) is 0 Å². The minimum absolute atomic E-state index is 0.280. The van der Waals surface area contributed by atoms with Crippen LogP contribution in [0.4, 0.5) is 5.69 Å². The van der Waals surface area contributed by atoms with Gasteiger partial charge in [-0.3, -0.25) is 14.6 Å². The van der Waals surface area contributed by atoms with Crippen molar-refractivity contribution in [1.82, 2.24) is 0 Å². The fourth-order valence-electron chi connectivity index (χ4n) is 3.21. The van der Waals surface area contributed by atoms with Gasteiger partial charge in [-0.1, -0.05) is 30.8 Å². The molecule has 0 aromatic heterocycles. The standard InChI is InChI=1S/C23H24N2O3/c1-4-28-13-7-12-24-15-21-19-8-5-6-9-20(19)22(26)25(23(21)27)18-11-10-16(2)17(3)14-18/h4-6,8-11,14-15,21H,1,7,12-13H2,2-3H3/t21-/m1/s1. The van der Waals surface area contributed by atoms with Gasteiger partial charge in [0.2, 0.25) is 5.91 Å². The van der Waals surface area contributed by atoms with Gasteiger partial charge in [-0.2, -0.15) is 0 Å². The Morgan fingerprint density at radius 1 is 1.14 bits per heavy atom. The molecule has 0 spiro atoms. The van der Waals surface area contributed by atoms with Gasteiger partial charge in [0, 0.05) is 24.7 Å². The number of anilines is 1. The molecule has 0 radical (unpaired) electrons. The molecule has 0 unspecified atom stereocenters. The number of nitrogens with zero attached hydrogens (tertiary/aromatic N) is 2. The van der Waals surface area contributed by atoms with E-state index in [0.717, 1.165) is 17.5 Å². The van der Waals surface area contributed by atoms with Crippen LogP contribution in [0.1, 0.15) is 39.4 Å². The first-order chi connectivity index (χ1) is 13.5. The first kappa shape index (κ1) is 19.5. The summed E-state index contributed by atoms with van der Waals surface area (Å²) in [6.07, 6.45) is 3.78. The average Bonchev–Trinajstić information content (AvgIpc) is 2.69. The number of hydrogen-bond acceptors (Lipinski definition) is 4. The normalized spacial score (nSPS) is 16.4. The molecular weight excluding hydrogens is 352 g/mol. The highest BCUT2D eigenvalue weighted by molar-refractivity contribution is 6.29. The molecule has 0 fully saturated rings. The Balaban J connectivity index is 1.93. The molecule has 1 atom stereocenters. The summed E-state index contributed by atoms with van der Waals surface area (Å²) in [7, 11) is 0. The fraction of sp³-hybridized carbons (Fsp3) is 0.261. The van der Waals surface area contributed by atoms with Crippen LogP contribution in [0, 0.1) is 13.8 Å². The van der Waals surface area contributed by atoms with E-state index in [0.29, 0.717) is 30.0 Å². The van der Waals surface area contributed by atoms with Crippen molar-refractivity contribution in [3.8, 4) is 0 Å². The lowest BCUT2D eigenvalue weighted by molar-refractivity contribution is -0.118. The van der Waals surface area contributed by atoms with Crippen molar-refractivity contribution in [3.05, 3.63) is 77.6 Å². The van der Waals surface area contributed by atoms with Crippen LogP contribution in [-0.4, -0.2) is 31.2 Å². The number of aliphatic imine (C=N–C) groups is 1. The van der Waals surface area contributed by atoms with Crippen molar-refractivity contribution in [2.75, 3.05) is 18.1 Å². The Morgan fingerprint density at radius 3 is 2.68 bits per heavy atom. The first-order valence-corrected chi connectivity index (χ1v) is 9.31. The second kappa shape index (κ2) is 8.65. The maximum Gasteiger partial charge on any atom is 0.265 e. The molecule has 144 valence electrons. The molecule has 5 heteroatoms. The summed E-state index contributed by atoms with van der Waals surface area (Å²) in [6, 6.07) is 12.8. The van der Waals surface area contributed by atoms with Crippen LogP contribution in [0.15, 0.2) is 60.3 Å². The van der Waals surface area contributed by atoms with Gasteiger partial charge in [-0.05, 0) is 48.7 Å². The predicted molar refractivity (Wildman–Crippen MR) is 111 cm³/mol. The lowest BCUT2D eigenvalue weighted by Gasteiger charge is -2.31. The van der Waals surface area contributed by atoms with Crippen LogP contribution < -0.4 is 4.90 Å². The molecule has 5 nitrogen and oxygen atoms in total. The number of benzene rings is 2. The molecule has 1 aliphatic heterocycles. The third-order valence-corrected chi connectivity index (χ3v) is 4.89. The molecule has 0 saturated carbocycles. The van der Waals surface area contributed by atoms with Crippen molar-refractivity contribution in [2.45, 2.75) is 26.2 Å². The monoisotopic (exact) mass is 376 g/mol. The zero-order valence-electron chi connectivity index (χ0n) is 16.2. The van der Waals surface area contributed by atoms with Gasteiger partial charge < -0.3 is 4.74 Å². The molecule has 0 bridgehead atoms. The van der Waals surface area contributed by atoms with E-state index in [1.54, 1.807) is 12.3 Å². The molecule has 0 N–H and O–H groups in total.